The van der Waals surface area contributed by atoms with E-state index >= 15 is 4.39 Å². The topological polar surface area (TPSA) is 91.4 Å². The van der Waals surface area contributed by atoms with Gasteiger partial charge in [-0.25, -0.2) is 22.0 Å². The molecular formula is C30H32ClF5N4O3S. The van der Waals surface area contributed by atoms with Gasteiger partial charge in [0.25, 0.3) is 10.2 Å². The van der Waals surface area contributed by atoms with E-state index in [0.29, 0.717) is 18.2 Å². The third kappa shape index (κ3) is 9.04. The highest BCUT2D eigenvalue weighted by Crippen LogP contribution is 2.31. The summed E-state index contributed by atoms with van der Waals surface area (Å²) in [5, 5.41) is 3.11. The molecule has 1 aliphatic rings. The second-order valence-corrected chi connectivity index (χ2v) is 12.6. The predicted octanol–water partition coefficient (Wildman–Crippen LogP) is 4.59. The molecule has 1 fully saturated rings. The molecule has 1 saturated heterocycles. The first-order valence-corrected chi connectivity index (χ1v) is 16.0. The van der Waals surface area contributed by atoms with Gasteiger partial charge in [0.1, 0.15) is 35.2 Å². The maximum atomic E-state index is 15.0. The minimum atomic E-state index is -4.05. The molecule has 44 heavy (non-hydrogen) atoms. The highest BCUT2D eigenvalue weighted by molar-refractivity contribution is 7.87. The van der Waals surface area contributed by atoms with Crippen LogP contribution in [0.4, 0.5) is 22.0 Å². The van der Waals surface area contributed by atoms with E-state index in [4.69, 9.17) is 11.6 Å². The van der Waals surface area contributed by atoms with Crippen molar-refractivity contribution in [2.24, 2.45) is 0 Å². The van der Waals surface area contributed by atoms with Crippen molar-refractivity contribution in [3.8, 4) is 0 Å². The standard InChI is InChI=1S/C30H32ClF5N4O3S/c31-14-25(35)16-39-44(42,43)40-8-7-37-17-26(40)5-6-28-21(15-38-18-30(28)36)11-27(41)13-29(19-1-3-22(32)4-2-19)20-9-23(33)12-24(34)10-20/h1-4,9-10,12,15,18,25-26,29,37,39H,5-8,11,13-14,16-17H2/t25?,26-,29-/m0/s1. The van der Waals surface area contributed by atoms with E-state index in [0.717, 1.165) is 18.3 Å². The van der Waals surface area contributed by atoms with Crippen LogP contribution in [0.2, 0.25) is 0 Å². The van der Waals surface area contributed by atoms with Crippen LogP contribution in [0.5, 0.6) is 0 Å². The van der Waals surface area contributed by atoms with Gasteiger partial charge in [-0.3, -0.25) is 9.78 Å². The fourth-order valence-corrected chi connectivity index (χ4v) is 6.87. The summed E-state index contributed by atoms with van der Waals surface area (Å²) >= 11 is 5.44. The van der Waals surface area contributed by atoms with E-state index in [9.17, 15) is 30.8 Å². The number of hydrogen-bond donors (Lipinski definition) is 2. The average molecular weight is 659 g/mol. The molecule has 3 atom stereocenters. The number of carbonyl (C=O) groups is 1. The fourth-order valence-electron chi connectivity index (χ4n) is 5.30. The molecule has 2 N–H and O–H groups in total. The molecule has 14 heteroatoms. The van der Waals surface area contributed by atoms with Gasteiger partial charge in [0.15, 0.2) is 0 Å². The number of piperazine rings is 1. The molecule has 0 spiro atoms. The summed E-state index contributed by atoms with van der Waals surface area (Å²) in [6, 6.07) is 7.57. The van der Waals surface area contributed by atoms with Crippen molar-refractivity contribution in [2.75, 3.05) is 32.1 Å². The lowest BCUT2D eigenvalue weighted by molar-refractivity contribution is -0.118. The molecule has 1 aliphatic heterocycles. The number of hydrogen-bond acceptors (Lipinski definition) is 5. The number of ketones is 1. The molecule has 0 radical (unpaired) electrons. The van der Waals surface area contributed by atoms with Crippen molar-refractivity contribution < 1.29 is 35.2 Å². The Balaban J connectivity index is 1.51. The number of nitrogens with one attached hydrogen (secondary N) is 2. The van der Waals surface area contributed by atoms with Gasteiger partial charge in [-0.1, -0.05) is 12.1 Å². The van der Waals surface area contributed by atoms with E-state index in [1.54, 1.807) is 0 Å². The molecule has 4 rings (SSSR count). The van der Waals surface area contributed by atoms with Crippen molar-refractivity contribution in [1.82, 2.24) is 19.3 Å². The number of pyridine rings is 1. The highest BCUT2D eigenvalue weighted by Gasteiger charge is 2.33. The molecule has 2 aromatic carbocycles. The number of halogens is 6. The summed E-state index contributed by atoms with van der Waals surface area (Å²) in [7, 11) is -4.05. The van der Waals surface area contributed by atoms with Gasteiger partial charge >= 0.3 is 0 Å². The van der Waals surface area contributed by atoms with Crippen LogP contribution < -0.4 is 10.0 Å². The first-order valence-electron chi connectivity index (χ1n) is 14.0. The molecule has 3 aromatic rings. The highest BCUT2D eigenvalue weighted by atomic mass is 35.5. The van der Waals surface area contributed by atoms with E-state index in [1.807, 2.05) is 0 Å². The van der Waals surface area contributed by atoms with Gasteiger partial charge in [-0.15, -0.1) is 11.6 Å². The van der Waals surface area contributed by atoms with Gasteiger partial charge < -0.3 is 5.32 Å². The van der Waals surface area contributed by atoms with Crippen LogP contribution in [0, 0.1) is 23.3 Å². The Morgan fingerprint density at radius 2 is 1.75 bits per heavy atom. The lowest BCUT2D eigenvalue weighted by Gasteiger charge is -2.35. The van der Waals surface area contributed by atoms with Crippen LogP contribution in [0.15, 0.2) is 54.9 Å². The molecule has 1 aromatic heterocycles. The first kappa shape index (κ1) is 33.9. The first-order chi connectivity index (χ1) is 21.0. The number of nitrogens with zero attached hydrogens (tertiary/aromatic N) is 2. The third-order valence-corrected chi connectivity index (χ3v) is 9.42. The van der Waals surface area contributed by atoms with Crippen molar-refractivity contribution in [3.63, 3.8) is 0 Å². The molecule has 0 bridgehead atoms. The Hall–Kier alpha value is -2.97. The molecule has 0 amide bonds. The number of benzene rings is 2. The van der Waals surface area contributed by atoms with Gasteiger partial charge in [0.05, 0.1) is 12.1 Å². The molecule has 7 nitrogen and oxygen atoms in total. The lowest BCUT2D eigenvalue weighted by atomic mass is 9.85. The zero-order valence-corrected chi connectivity index (χ0v) is 25.2. The Labute approximate surface area is 258 Å². The number of aromatic nitrogens is 1. The van der Waals surface area contributed by atoms with Crippen LogP contribution in [-0.4, -0.2) is 67.8 Å². The maximum absolute atomic E-state index is 15.0. The summed E-state index contributed by atoms with van der Waals surface area (Å²) in [6.45, 7) is 0.294. The Morgan fingerprint density at radius 1 is 1.05 bits per heavy atom. The normalized spacial score (nSPS) is 17.4. The van der Waals surface area contributed by atoms with E-state index in [2.05, 4.69) is 15.0 Å². The molecule has 1 unspecified atom stereocenters. The summed E-state index contributed by atoms with van der Waals surface area (Å²) in [4.78, 5) is 17.2. The Bertz CT molecular complexity index is 1530. The van der Waals surface area contributed by atoms with E-state index < -0.39 is 58.2 Å². The minimum Gasteiger partial charge on any atom is -0.314 e. The largest absolute Gasteiger partial charge is 0.314 e. The lowest BCUT2D eigenvalue weighted by Crippen LogP contribution is -2.57. The SMILES string of the molecule is O=C(Cc1cncc(F)c1CC[C@H]1CNCCN1S(=O)(=O)NCC(F)CCl)C[C@@H](c1ccc(F)cc1)c1cc(F)cc(F)c1. The zero-order chi connectivity index (χ0) is 31.9. The fraction of sp³-hybridized carbons (Fsp3) is 0.400. The smallest absolute Gasteiger partial charge is 0.279 e. The van der Waals surface area contributed by atoms with Gasteiger partial charge in [0.2, 0.25) is 0 Å². The molecule has 238 valence electrons. The second-order valence-electron chi connectivity index (χ2n) is 10.6. The summed E-state index contributed by atoms with van der Waals surface area (Å²) < 4.78 is 99.6. The predicted molar refractivity (Wildman–Crippen MR) is 156 cm³/mol. The van der Waals surface area contributed by atoms with Crippen molar-refractivity contribution >= 4 is 27.6 Å². The van der Waals surface area contributed by atoms with E-state index in [-0.39, 0.29) is 67.1 Å². The van der Waals surface area contributed by atoms with Gasteiger partial charge in [-0.05, 0) is 59.4 Å². The molecular weight excluding hydrogens is 627 g/mol. The number of rotatable bonds is 14. The van der Waals surface area contributed by atoms with E-state index in [1.165, 1.54) is 34.8 Å². The van der Waals surface area contributed by atoms with Crippen LogP contribution in [0.25, 0.3) is 0 Å². The molecule has 0 saturated carbocycles. The van der Waals surface area contributed by atoms with Crippen LogP contribution >= 0.6 is 11.6 Å². The van der Waals surface area contributed by atoms with Gasteiger partial charge in [-0.2, -0.15) is 17.4 Å². The van der Waals surface area contributed by atoms with Crippen molar-refractivity contribution in [3.05, 3.63) is 100 Å². The molecule has 2 heterocycles. The average Bonchev–Trinajstić information content (AvgIpc) is 2.98. The quantitative estimate of drug-likeness (QED) is 0.195. The Kier molecular flexibility index (Phi) is 11.8. The minimum absolute atomic E-state index is 0.0687. The van der Waals surface area contributed by atoms with Crippen LogP contribution in [0.1, 0.15) is 41.0 Å². The van der Waals surface area contributed by atoms with Crippen molar-refractivity contribution in [2.45, 2.75) is 43.8 Å². The summed E-state index contributed by atoms with van der Waals surface area (Å²) in [5.41, 5.74) is 1.12. The number of alkyl halides is 2. The second kappa shape index (κ2) is 15.3. The monoisotopic (exact) mass is 658 g/mol. The van der Waals surface area contributed by atoms with Gasteiger partial charge in [0, 0.05) is 63.2 Å². The number of Topliss-reactive ketones (excluding diaryl/α,β-unsaturated/α-hetero) is 1. The number of carbonyl (C=O) groups excluding carboxylic acids is 1. The maximum Gasteiger partial charge on any atom is 0.279 e. The zero-order valence-electron chi connectivity index (χ0n) is 23.6. The summed E-state index contributed by atoms with van der Waals surface area (Å²) in [6.07, 6.45) is 0.591. The molecule has 0 aliphatic carbocycles. The third-order valence-electron chi connectivity index (χ3n) is 7.46. The van der Waals surface area contributed by atoms with Crippen LogP contribution in [0.3, 0.4) is 0 Å². The van der Waals surface area contributed by atoms with Crippen molar-refractivity contribution in [1.29, 1.82) is 0 Å². The summed E-state index contributed by atoms with van der Waals surface area (Å²) in [5.74, 6) is -4.40. The van der Waals surface area contributed by atoms with Crippen LogP contribution in [-0.2, 0) is 27.8 Å². The Morgan fingerprint density at radius 3 is 2.43 bits per heavy atom.